The molecular weight excluding hydrogens is 334 g/mol. The third-order valence-corrected chi connectivity index (χ3v) is 5.39. The van der Waals surface area contributed by atoms with Crippen molar-refractivity contribution in [2.45, 2.75) is 12.7 Å². The smallest absolute Gasteiger partial charge is 0.161 e. The minimum Gasteiger partial charge on any atom is -0.340 e. The molecule has 0 fully saturated rings. The third kappa shape index (κ3) is 4.64. The zero-order chi connectivity index (χ0) is 17.7. The molecule has 3 rings (SSSR count). The fourth-order valence-electron chi connectivity index (χ4n) is 2.34. The lowest BCUT2D eigenvalue weighted by molar-refractivity contribution is 0.596. The molecule has 0 aliphatic heterocycles. The molecule has 6 heteroatoms. The van der Waals surface area contributed by atoms with E-state index in [9.17, 15) is 8.42 Å². The van der Waals surface area contributed by atoms with E-state index >= 15 is 0 Å². The molecule has 0 saturated heterocycles. The highest BCUT2D eigenvalue weighted by Crippen LogP contribution is 2.19. The minimum absolute atomic E-state index is 0.0649. The van der Waals surface area contributed by atoms with Crippen molar-refractivity contribution in [1.82, 2.24) is 9.97 Å². The van der Waals surface area contributed by atoms with Gasteiger partial charge in [0.25, 0.3) is 0 Å². The van der Waals surface area contributed by atoms with Gasteiger partial charge in [0.1, 0.15) is 5.82 Å². The Morgan fingerprint density at radius 1 is 0.960 bits per heavy atom. The summed E-state index contributed by atoms with van der Waals surface area (Å²) < 4.78 is 23.4. The second-order valence-corrected chi connectivity index (χ2v) is 7.98. The van der Waals surface area contributed by atoms with E-state index < -0.39 is 9.84 Å². The minimum atomic E-state index is -3.02. The van der Waals surface area contributed by atoms with Crippen molar-refractivity contribution in [3.63, 3.8) is 0 Å². The van der Waals surface area contributed by atoms with Crippen LogP contribution in [-0.2, 0) is 15.6 Å². The van der Waals surface area contributed by atoms with Crippen molar-refractivity contribution < 1.29 is 8.42 Å². The predicted molar refractivity (Wildman–Crippen MR) is 100 cm³/mol. The number of hydrogen-bond donors (Lipinski definition) is 1. The van der Waals surface area contributed by atoms with Crippen LogP contribution in [0.4, 0.5) is 11.5 Å². The average molecular weight is 353 g/mol. The molecule has 25 heavy (non-hydrogen) atoms. The van der Waals surface area contributed by atoms with Crippen molar-refractivity contribution in [2.24, 2.45) is 0 Å². The lowest BCUT2D eigenvalue weighted by Crippen LogP contribution is -2.06. The molecule has 0 aliphatic rings. The molecule has 5 nitrogen and oxygen atoms in total. The van der Waals surface area contributed by atoms with Crippen LogP contribution >= 0.6 is 0 Å². The fourth-order valence-corrected chi connectivity index (χ4v) is 3.25. The first kappa shape index (κ1) is 17.1. The Kier molecular flexibility index (Phi) is 5.09. The van der Waals surface area contributed by atoms with Gasteiger partial charge in [0.15, 0.2) is 15.7 Å². The number of benzene rings is 2. The summed E-state index contributed by atoms with van der Waals surface area (Å²) in [6.07, 6.45) is 1.71. The standard InChI is InChI=1S/C19H19N3O2S/c1-2-25(23,24)14-15-8-10-17(11-9-15)21-18-12-13-20-19(22-18)16-6-4-3-5-7-16/h3-13H,2,14H2,1H3,(H,20,21,22). The summed E-state index contributed by atoms with van der Waals surface area (Å²) in [5.41, 5.74) is 2.57. The van der Waals surface area contributed by atoms with Gasteiger partial charge >= 0.3 is 0 Å². The van der Waals surface area contributed by atoms with Gasteiger partial charge in [0, 0.05) is 23.2 Å². The fraction of sp³-hybridized carbons (Fsp3) is 0.158. The maximum atomic E-state index is 11.7. The van der Waals surface area contributed by atoms with E-state index in [1.807, 2.05) is 54.6 Å². The molecule has 0 spiro atoms. The summed E-state index contributed by atoms with van der Waals surface area (Å²) in [7, 11) is -3.02. The number of rotatable bonds is 6. The van der Waals surface area contributed by atoms with Gasteiger partial charge in [-0.05, 0) is 23.8 Å². The summed E-state index contributed by atoms with van der Waals surface area (Å²) in [4.78, 5) is 8.81. The Hall–Kier alpha value is -2.73. The van der Waals surface area contributed by atoms with Crippen LogP contribution < -0.4 is 5.32 Å². The van der Waals surface area contributed by atoms with Gasteiger partial charge < -0.3 is 5.32 Å². The van der Waals surface area contributed by atoms with E-state index in [2.05, 4.69) is 15.3 Å². The number of hydrogen-bond acceptors (Lipinski definition) is 5. The van der Waals surface area contributed by atoms with Gasteiger partial charge in [-0.3, -0.25) is 0 Å². The lowest BCUT2D eigenvalue weighted by Gasteiger charge is -2.08. The molecule has 0 bridgehead atoms. The summed E-state index contributed by atoms with van der Waals surface area (Å²) in [5.74, 6) is 1.55. The number of aromatic nitrogens is 2. The molecule has 3 aromatic rings. The van der Waals surface area contributed by atoms with E-state index in [0.29, 0.717) is 11.6 Å². The van der Waals surface area contributed by atoms with E-state index in [1.165, 1.54) is 0 Å². The van der Waals surface area contributed by atoms with Crippen molar-refractivity contribution in [3.05, 3.63) is 72.4 Å². The first-order valence-electron chi connectivity index (χ1n) is 8.00. The van der Waals surface area contributed by atoms with Crippen LogP contribution in [0, 0.1) is 0 Å². The Morgan fingerprint density at radius 3 is 2.36 bits per heavy atom. The highest BCUT2D eigenvalue weighted by Gasteiger charge is 2.09. The molecule has 0 saturated carbocycles. The summed E-state index contributed by atoms with van der Waals surface area (Å²) in [6, 6.07) is 18.9. The molecule has 0 amide bonds. The highest BCUT2D eigenvalue weighted by molar-refractivity contribution is 7.90. The van der Waals surface area contributed by atoms with E-state index in [0.717, 1.165) is 16.8 Å². The zero-order valence-corrected chi connectivity index (χ0v) is 14.7. The Morgan fingerprint density at radius 2 is 1.68 bits per heavy atom. The zero-order valence-electron chi connectivity index (χ0n) is 13.9. The summed E-state index contributed by atoms with van der Waals surface area (Å²) in [5, 5.41) is 3.22. The Labute approximate surface area is 147 Å². The molecule has 0 aliphatic carbocycles. The molecule has 0 radical (unpaired) electrons. The normalized spacial score (nSPS) is 11.2. The topological polar surface area (TPSA) is 72.0 Å². The molecule has 2 aromatic carbocycles. The maximum Gasteiger partial charge on any atom is 0.161 e. The molecule has 128 valence electrons. The first-order valence-corrected chi connectivity index (χ1v) is 9.83. The molecule has 1 N–H and O–H groups in total. The second-order valence-electron chi connectivity index (χ2n) is 5.63. The van der Waals surface area contributed by atoms with Crippen molar-refractivity contribution in [3.8, 4) is 11.4 Å². The average Bonchev–Trinajstić information content (AvgIpc) is 2.64. The van der Waals surface area contributed by atoms with Crippen molar-refractivity contribution >= 4 is 21.3 Å². The van der Waals surface area contributed by atoms with E-state index in [-0.39, 0.29) is 11.5 Å². The van der Waals surface area contributed by atoms with E-state index in [1.54, 1.807) is 19.2 Å². The SMILES string of the molecule is CCS(=O)(=O)Cc1ccc(Nc2ccnc(-c3ccccc3)n2)cc1. The van der Waals surface area contributed by atoms with Crippen LogP contribution in [0.25, 0.3) is 11.4 Å². The van der Waals surface area contributed by atoms with Gasteiger partial charge in [0.05, 0.1) is 5.75 Å². The third-order valence-electron chi connectivity index (χ3n) is 3.74. The summed E-state index contributed by atoms with van der Waals surface area (Å²) in [6.45, 7) is 1.66. The van der Waals surface area contributed by atoms with Gasteiger partial charge in [-0.15, -0.1) is 0 Å². The molecular formula is C19H19N3O2S. The van der Waals surface area contributed by atoms with Crippen molar-refractivity contribution in [2.75, 3.05) is 11.1 Å². The highest BCUT2D eigenvalue weighted by atomic mass is 32.2. The lowest BCUT2D eigenvalue weighted by atomic mass is 10.2. The monoisotopic (exact) mass is 353 g/mol. The largest absolute Gasteiger partial charge is 0.340 e. The molecule has 1 heterocycles. The maximum absolute atomic E-state index is 11.7. The Bertz CT molecular complexity index is 940. The number of nitrogens with one attached hydrogen (secondary N) is 1. The number of nitrogens with zero attached hydrogens (tertiary/aromatic N) is 2. The molecule has 0 unspecified atom stereocenters. The van der Waals surface area contributed by atoms with Crippen LogP contribution in [-0.4, -0.2) is 24.1 Å². The number of anilines is 2. The van der Waals surface area contributed by atoms with Gasteiger partial charge in [-0.25, -0.2) is 18.4 Å². The van der Waals surface area contributed by atoms with Crippen LogP contribution in [0.1, 0.15) is 12.5 Å². The number of sulfone groups is 1. The first-order chi connectivity index (χ1) is 12.1. The van der Waals surface area contributed by atoms with E-state index in [4.69, 9.17) is 0 Å². The van der Waals surface area contributed by atoms with Crippen LogP contribution in [0.15, 0.2) is 66.9 Å². The van der Waals surface area contributed by atoms with Crippen LogP contribution in [0.3, 0.4) is 0 Å². The van der Waals surface area contributed by atoms with Gasteiger partial charge in [-0.1, -0.05) is 49.4 Å². The van der Waals surface area contributed by atoms with Crippen molar-refractivity contribution in [1.29, 1.82) is 0 Å². The van der Waals surface area contributed by atoms with Gasteiger partial charge in [0.2, 0.25) is 0 Å². The van der Waals surface area contributed by atoms with Crippen LogP contribution in [0.2, 0.25) is 0 Å². The second kappa shape index (κ2) is 7.44. The predicted octanol–water partition coefficient (Wildman–Crippen LogP) is 3.82. The molecule has 0 atom stereocenters. The quantitative estimate of drug-likeness (QED) is 0.729. The Balaban J connectivity index is 1.75. The molecule has 1 aromatic heterocycles. The van der Waals surface area contributed by atoms with Gasteiger partial charge in [-0.2, -0.15) is 0 Å². The van der Waals surface area contributed by atoms with Crippen LogP contribution in [0.5, 0.6) is 0 Å². The summed E-state index contributed by atoms with van der Waals surface area (Å²) >= 11 is 0.